The Morgan fingerprint density at radius 1 is 1.22 bits per heavy atom. The molecule has 0 amide bonds. The Kier molecular flexibility index (Phi) is 4.31. The van der Waals surface area contributed by atoms with E-state index >= 15 is 0 Å². The Bertz CT molecular complexity index is 397. The van der Waals surface area contributed by atoms with E-state index in [1.165, 1.54) is 42.6 Å². The normalized spacial score (nSPS) is 23.3. The van der Waals surface area contributed by atoms with E-state index in [2.05, 4.69) is 50.8 Å². The minimum absolute atomic E-state index is 0.903. The number of benzene rings is 1. The quantitative estimate of drug-likeness (QED) is 0.751. The Hall–Kier alpha value is -0.980. The summed E-state index contributed by atoms with van der Waals surface area (Å²) in [5.74, 6) is 1.84. The molecule has 0 heterocycles. The second-order valence-electron chi connectivity index (χ2n) is 6.11. The van der Waals surface area contributed by atoms with Crippen LogP contribution < -0.4 is 4.90 Å². The van der Waals surface area contributed by atoms with Crippen molar-refractivity contribution in [3.05, 3.63) is 29.3 Å². The maximum absolute atomic E-state index is 2.57. The number of rotatable bonds is 4. The van der Waals surface area contributed by atoms with Crippen LogP contribution in [0.2, 0.25) is 0 Å². The van der Waals surface area contributed by atoms with Gasteiger partial charge >= 0.3 is 0 Å². The van der Waals surface area contributed by atoms with Crippen LogP contribution in [0.25, 0.3) is 0 Å². The molecule has 1 nitrogen and oxygen atoms in total. The van der Waals surface area contributed by atoms with Gasteiger partial charge in [0.25, 0.3) is 0 Å². The minimum atomic E-state index is 0.903. The molecule has 0 spiro atoms. The monoisotopic (exact) mass is 245 g/mol. The average Bonchev–Trinajstić information content (AvgIpc) is 2.72. The third-order valence-corrected chi connectivity index (χ3v) is 4.36. The highest BCUT2D eigenvalue weighted by molar-refractivity contribution is 5.54. The third-order valence-electron chi connectivity index (χ3n) is 4.36. The molecule has 0 bridgehead atoms. The summed E-state index contributed by atoms with van der Waals surface area (Å²) in [5.41, 5.74) is 4.22. The molecule has 1 saturated carbocycles. The summed E-state index contributed by atoms with van der Waals surface area (Å²) >= 11 is 0. The van der Waals surface area contributed by atoms with Gasteiger partial charge in [-0.2, -0.15) is 0 Å². The molecule has 1 aromatic rings. The van der Waals surface area contributed by atoms with E-state index in [-0.39, 0.29) is 0 Å². The third kappa shape index (κ3) is 3.07. The molecule has 0 saturated heterocycles. The summed E-state index contributed by atoms with van der Waals surface area (Å²) in [6, 6.07) is 6.84. The van der Waals surface area contributed by atoms with Gasteiger partial charge in [0.15, 0.2) is 0 Å². The van der Waals surface area contributed by atoms with Crippen LogP contribution in [0.3, 0.4) is 0 Å². The van der Waals surface area contributed by atoms with E-state index < -0.39 is 0 Å². The van der Waals surface area contributed by atoms with E-state index in [1.54, 1.807) is 0 Å². The highest BCUT2D eigenvalue weighted by Crippen LogP contribution is 2.32. The Balaban J connectivity index is 2.08. The fourth-order valence-electron chi connectivity index (χ4n) is 3.36. The molecule has 2 atom stereocenters. The van der Waals surface area contributed by atoms with Crippen LogP contribution in [0.15, 0.2) is 18.2 Å². The maximum atomic E-state index is 2.57. The highest BCUT2D eigenvalue weighted by atomic mass is 15.1. The molecular weight excluding hydrogens is 218 g/mol. The SMILES string of the molecule is CCN(CC1CCC(C)C1)c1ccc(C)cc1C. The zero-order chi connectivity index (χ0) is 13.1. The van der Waals surface area contributed by atoms with Crippen LogP contribution >= 0.6 is 0 Å². The van der Waals surface area contributed by atoms with Gasteiger partial charge in [0.05, 0.1) is 0 Å². The van der Waals surface area contributed by atoms with Gasteiger partial charge in [-0.3, -0.25) is 0 Å². The molecule has 1 fully saturated rings. The standard InChI is InChI=1S/C17H27N/c1-5-18(12-16-8-6-14(3)11-16)17-9-7-13(2)10-15(17)4/h7,9-10,14,16H,5-6,8,11-12H2,1-4H3. The van der Waals surface area contributed by atoms with Crippen LogP contribution in [0.4, 0.5) is 5.69 Å². The molecule has 1 aliphatic rings. The molecule has 18 heavy (non-hydrogen) atoms. The molecule has 0 aliphatic heterocycles. The summed E-state index contributed by atoms with van der Waals surface area (Å²) in [4.78, 5) is 2.57. The zero-order valence-electron chi connectivity index (χ0n) is 12.4. The number of aryl methyl sites for hydroxylation is 2. The molecule has 100 valence electrons. The summed E-state index contributed by atoms with van der Waals surface area (Å²) in [7, 11) is 0. The van der Waals surface area contributed by atoms with Crippen molar-refractivity contribution in [1.82, 2.24) is 0 Å². The molecule has 2 rings (SSSR count). The average molecular weight is 245 g/mol. The van der Waals surface area contributed by atoms with Crippen LogP contribution in [0.1, 0.15) is 44.2 Å². The number of anilines is 1. The fraction of sp³-hybridized carbons (Fsp3) is 0.647. The molecule has 0 aromatic heterocycles. The molecule has 1 heteroatoms. The van der Waals surface area contributed by atoms with Crippen molar-refractivity contribution >= 4 is 5.69 Å². The van der Waals surface area contributed by atoms with E-state index in [1.807, 2.05) is 0 Å². The molecule has 1 aliphatic carbocycles. The number of hydrogen-bond acceptors (Lipinski definition) is 1. The van der Waals surface area contributed by atoms with E-state index in [9.17, 15) is 0 Å². The van der Waals surface area contributed by atoms with Crippen molar-refractivity contribution < 1.29 is 0 Å². The molecule has 1 aromatic carbocycles. The van der Waals surface area contributed by atoms with Crippen LogP contribution in [0.5, 0.6) is 0 Å². The van der Waals surface area contributed by atoms with Gasteiger partial charge in [0, 0.05) is 18.8 Å². The second kappa shape index (κ2) is 5.77. The predicted octanol–water partition coefficient (Wildman–Crippen LogP) is 4.57. The largest absolute Gasteiger partial charge is 0.371 e. The maximum Gasteiger partial charge on any atom is 0.0396 e. The Labute approximate surface area is 112 Å². The molecule has 0 N–H and O–H groups in total. The van der Waals surface area contributed by atoms with E-state index in [4.69, 9.17) is 0 Å². The van der Waals surface area contributed by atoms with Crippen LogP contribution in [-0.4, -0.2) is 13.1 Å². The minimum Gasteiger partial charge on any atom is -0.371 e. The fourth-order valence-corrected chi connectivity index (χ4v) is 3.36. The predicted molar refractivity (Wildman–Crippen MR) is 80.3 cm³/mol. The lowest BCUT2D eigenvalue weighted by Gasteiger charge is -2.28. The van der Waals surface area contributed by atoms with Crippen molar-refractivity contribution in [2.24, 2.45) is 11.8 Å². The number of hydrogen-bond donors (Lipinski definition) is 0. The van der Waals surface area contributed by atoms with Crippen molar-refractivity contribution in [2.45, 2.75) is 47.0 Å². The van der Waals surface area contributed by atoms with Gasteiger partial charge in [0.2, 0.25) is 0 Å². The lowest BCUT2D eigenvalue weighted by Crippen LogP contribution is -2.29. The van der Waals surface area contributed by atoms with Gasteiger partial charge in [-0.25, -0.2) is 0 Å². The van der Waals surface area contributed by atoms with Crippen LogP contribution in [0, 0.1) is 25.7 Å². The molecule has 2 unspecified atom stereocenters. The Morgan fingerprint density at radius 3 is 2.56 bits per heavy atom. The topological polar surface area (TPSA) is 3.24 Å². The first-order valence-corrected chi connectivity index (χ1v) is 7.42. The van der Waals surface area contributed by atoms with Gasteiger partial charge in [-0.15, -0.1) is 0 Å². The van der Waals surface area contributed by atoms with E-state index in [0.717, 1.165) is 18.4 Å². The van der Waals surface area contributed by atoms with Crippen molar-refractivity contribution in [2.75, 3.05) is 18.0 Å². The first-order valence-electron chi connectivity index (χ1n) is 7.42. The molecule has 0 radical (unpaired) electrons. The summed E-state index contributed by atoms with van der Waals surface area (Å²) in [6.45, 7) is 11.4. The number of nitrogens with zero attached hydrogens (tertiary/aromatic N) is 1. The van der Waals surface area contributed by atoms with E-state index in [0.29, 0.717) is 0 Å². The smallest absolute Gasteiger partial charge is 0.0396 e. The second-order valence-corrected chi connectivity index (χ2v) is 6.11. The first kappa shape index (κ1) is 13.5. The van der Waals surface area contributed by atoms with Gasteiger partial charge < -0.3 is 4.90 Å². The van der Waals surface area contributed by atoms with Crippen molar-refractivity contribution in [1.29, 1.82) is 0 Å². The van der Waals surface area contributed by atoms with Gasteiger partial charge in [-0.1, -0.05) is 31.0 Å². The molecular formula is C17H27N. The zero-order valence-corrected chi connectivity index (χ0v) is 12.4. The first-order chi connectivity index (χ1) is 8.60. The lowest BCUT2D eigenvalue weighted by atomic mass is 10.0. The van der Waals surface area contributed by atoms with Gasteiger partial charge in [0.1, 0.15) is 0 Å². The Morgan fingerprint density at radius 2 is 2.00 bits per heavy atom. The van der Waals surface area contributed by atoms with Crippen LogP contribution in [-0.2, 0) is 0 Å². The summed E-state index contributed by atoms with van der Waals surface area (Å²) in [6.07, 6.45) is 4.26. The van der Waals surface area contributed by atoms with Crippen molar-refractivity contribution in [3.63, 3.8) is 0 Å². The van der Waals surface area contributed by atoms with Crippen molar-refractivity contribution in [3.8, 4) is 0 Å². The summed E-state index contributed by atoms with van der Waals surface area (Å²) in [5, 5.41) is 0. The lowest BCUT2D eigenvalue weighted by molar-refractivity contribution is 0.507. The highest BCUT2D eigenvalue weighted by Gasteiger charge is 2.23. The summed E-state index contributed by atoms with van der Waals surface area (Å²) < 4.78 is 0. The van der Waals surface area contributed by atoms with Gasteiger partial charge in [-0.05, 0) is 57.1 Å².